The summed E-state index contributed by atoms with van der Waals surface area (Å²) in [6.07, 6.45) is 10.8. The molecule has 1 rings (SSSR count). The predicted octanol–water partition coefficient (Wildman–Crippen LogP) is 5.04. The van der Waals surface area contributed by atoms with Crippen molar-refractivity contribution in [3.05, 3.63) is 0 Å². The summed E-state index contributed by atoms with van der Waals surface area (Å²) < 4.78 is 10.9. The molecular formula is C20H36O4. The molecule has 0 radical (unpaired) electrons. The van der Waals surface area contributed by atoms with Crippen LogP contribution < -0.4 is 0 Å². The average Bonchev–Trinajstić information content (AvgIpc) is 2.55. The lowest BCUT2D eigenvalue weighted by atomic mass is 9.88. The molecule has 0 heterocycles. The van der Waals surface area contributed by atoms with Crippen LogP contribution >= 0.6 is 0 Å². The molecule has 1 aliphatic rings. The van der Waals surface area contributed by atoms with Gasteiger partial charge in [0.25, 0.3) is 0 Å². The molecule has 0 amide bonds. The second-order valence-electron chi connectivity index (χ2n) is 7.82. The summed E-state index contributed by atoms with van der Waals surface area (Å²) in [5, 5.41) is 0. The smallest absolute Gasteiger partial charge is 0.323 e. The van der Waals surface area contributed by atoms with Crippen LogP contribution in [0.3, 0.4) is 0 Å². The first kappa shape index (κ1) is 21.0. The Balaban J connectivity index is 2.26. The highest BCUT2D eigenvalue weighted by molar-refractivity contribution is 5.99. The first-order chi connectivity index (χ1) is 11.4. The van der Waals surface area contributed by atoms with Crippen LogP contribution in [0, 0.1) is 11.3 Å². The van der Waals surface area contributed by atoms with Gasteiger partial charge in [-0.15, -0.1) is 0 Å². The van der Waals surface area contributed by atoms with E-state index >= 15 is 0 Å². The third kappa shape index (κ3) is 7.23. The van der Waals surface area contributed by atoms with Gasteiger partial charge in [0.15, 0.2) is 5.41 Å². The molecular weight excluding hydrogens is 304 g/mol. The van der Waals surface area contributed by atoms with Gasteiger partial charge in [-0.2, -0.15) is 0 Å². The van der Waals surface area contributed by atoms with Gasteiger partial charge in [-0.1, -0.05) is 46.0 Å². The largest absolute Gasteiger partial charge is 0.465 e. The number of unbranched alkanes of at least 4 members (excludes halogenated alkanes) is 5. The highest BCUT2D eigenvalue weighted by Gasteiger charge is 2.40. The minimum Gasteiger partial charge on any atom is -0.465 e. The first-order valence-corrected chi connectivity index (χ1v) is 9.76. The zero-order chi connectivity index (χ0) is 18.0. The number of ether oxygens (including phenoxy) is 2. The molecule has 0 unspecified atom stereocenters. The van der Waals surface area contributed by atoms with E-state index in [4.69, 9.17) is 9.47 Å². The molecule has 0 aromatic rings. The molecule has 0 bridgehead atoms. The van der Waals surface area contributed by atoms with Gasteiger partial charge >= 0.3 is 11.9 Å². The minimum absolute atomic E-state index is 0.0423. The highest BCUT2D eigenvalue weighted by atomic mass is 16.6. The van der Waals surface area contributed by atoms with E-state index in [2.05, 4.69) is 13.8 Å². The maximum atomic E-state index is 12.3. The van der Waals surface area contributed by atoms with Crippen molar-refractivity contribution in [2.75, 3.05) is 6.61 Å². The van der Waals surface area contributed by atoms with Crippen molar-refractivity contribution in [2.45, 2.75) is 98.0 Å². The maximum Gasteiger partial charge on any atom is 0.323 e. The lowest BCUT2D eigenvalue weighted by molar-refractivity contribution is -0.174. The van der Waals surface area contributed by atoms with E-state index in [0.29, 0.717) is 12.5 Å². The van der Waals surface area contributed by atoms with Gasteiger partial charge in [0.05, 0.1) is 6.61 Å². The highest BCUT2D eigenvalue weighted by Crippen LogP contribution is 2.28. The van der Waals surface area contributed by atoms with Gasteiger partial charge in [0.2, 0.25) is 0 Å². The Hall–Kier alpha value is -1.06. The van der Waals surface area contributed by atoms with Crippen molar-refractivity contribution in [2.24, 2.45) is 11.3 Å². The molecule has 0 aromatic heterocycles. The lowest BCUT2D eigenvalue weighted by Gasteiger charge is -2.29. The molecule has 4 heteroatoms. The molecule has 24 heavy (non-hydrogen) atoms. The van der Waals surface area contributed by atoms with Gasteiger partial charge in [-0.3, -0.25) is 9.59 Å². The third-order valence-electron chi connectivity index (χ3n) is 4.99. The van der Waals surface area contributed by atoms with Gasteiger partial charge < -0.3 is 9.47 Å². The molecule has 0 N–H and O–H groups in total. The fourth-order valence-electron chi connectivity index (χ4n) is 2.96. The van der Waals surface area contributed by atoms with Crippen molar-refractivity contribution in [3.63, 3.8) is 0 Å². The number of carbonyl (C=O) groups is 2. The maximum absolute atomic E-state index is 12.3. The summed E-state index contributed by atoms with van der Waals surface area (Å²) in [5.74, 6) is -0.213. The van der Waals surface area contributed by atoms with Crippen molar-refractivity contribution in [1.29, 1.82) is 0 Å². The molecule has 140 valence electrons. The van der Waals surface area contributed by atoms with Gasteiger partial charge in [0, 0.05) is 0 Å². The predicted molar refractivity (Wildman–Crippen MR) is 95.6 cm³/mol. The summed E-state index contributed by atoms with van der Waals surface area (Å²) >= 11 is 0. The Bertz CT molecular complexity index is 381. The van der Waals surface area contributed by atoms with E-state index in [1.54, 1.807) is 13.8 Å². The summed E-state index contributed by atoms with van der Waals surface area (Å²) in [6.45, 7) is 8.01. The standard InChI is InChI=1S/C20H36O4/c1-5-6-7-8-9-10-15-23-18(21)20(3,4)19(22)24-17-13-11-16(2)12-14-17/h16-17H,5-15H2,1-4H3. The Morgan fingerprint density at radius 3 is 2.12 bits per heavy atom. The molecule has 0 aliphatic heterocycles. The molecule has 0 atom stereocenters. The van der Waals surface area contributed by atoms with Crippen LogP contribution in [0.2, 0.25) is 0 Å². The molecule has 0 spiro atoms. The van der Waals surface area contributed by atoms with Gasteiger partial charge in [-0.25, -0.2) is 0 Å². The number of carbonyl (C=O) groups excluding carboxylic acids is 2. The Kier molecular flexibility index (Phi) is 9.38. The van der Waals surface area contributed by atoms with E-state index in [-0.39, 0.29) is 6.10 Å². The van der Waals surface area contributed by atoms with E-state index < -0.39 is 17.4 Å². The summed E-state index contributed by atoms with van der Waals surface area (Å²) in [5.41, 5.74) is -1.22. The topological polar surface area (TPSA) is 52.6 Å². The summed E-state index contributed by atoms with van der Waals surface area (Å²) in [6, 6.07) is 0. The van der Waals surface area contributed by atoms with Crippen LogP contribution in [0.25, 0.3) is 0 Å². The second-order valence-corrected chi connectivity index (χ2v) is 7.82. The van der Waals surface area contributed by atoms with Crippen LogP contribution in [-0.4, -0.2) is 24.6 Å². The van der Waals surface area contributed by atoms with Crippen molar-refractivity contribution in [3.8, 4) is 0 Å². The fourth-order valence-corrected chi connectivity index (χ4v) is 2.96. The second kappa shape index (κ2) is 10.7. The average molecular weight is 341 g/mol. The van der Waals surface area contributed by atoms with Crippen molar-refractivity contribution < 1.29 is 19.1 Å². The van der Waals surface area contributed by atoms with Crippen LogP contribution in [-0.2, 0) is 19.1 Å². The number of hydrogen-bond donors (Lipinski definition) is 0. The Labute approximate surface area is 147 Å². The number of esters is 2. The van der Waals surface area contributed by atoms with Crippen LogP contribution in [0.15, 0.2) is 0 Å². The van der Waals surface area contributed by atoms with Gasteiger partial charge in [-0.05, 0) is 51.9 Å². The quantitative estimate of drug-likeness (QED) is 0.318. The number of rotatable bonds is 10. The number of hydrogen-bond acceptors (Lipinski definition) is 4. The van der Waals surface area contributed by atoms with Crippen LogP contribution in [0.1, 0.15) is 91.9 Å². The van der Waals surface area contributed by atoms with E-state index in [1.165, 1.54) is 25.7 Å². The molecule has 0 aromatic carbocycles. The molecule has 1 aliphatic carbocycles. The third-order valence-corrected chi connectivity index (χ3v) is 4.99. The Morgan fingerprint density at radius 1 is 0.917 bits per heavy atom. The molecule has 4 nitrogen and oxygen atoms in total. The molecule has 1 fully saturated rings. The van der Waals surface area contributed by atoms with Crippen LogP contribution in [0.5, 0.6) is 0 Å². The monoisotopic (exact) mass is 340 g/mol. The zero-order valence-corrected chi connectivity index (χ0v) is 16.1. The SMILES string of the molecule is CCCCCCCCOC(=O)C(C)(C)C(=O)OC1CCC(C)CC1. The van der Waals surface area contributed by atoms with Crippen molar-refractivity contribution in [1.82, 2.24) is 0 Å². The Morgan fingerprint density at radius 2 is 1.50 bits per heavy atom. The fraction of sp³-hybridized carbons (Fsp3) is 0.900. The zero-order valence-electron chi connectivity index (χ0n) is 16.1. The van der Waals surface area contributed by atoms with Crippen LogP contribution in [0.4, 0.5) is 0 Å². The molecule has 0 saturated heterocycles. The normalized spacial score (nSPS) is 21.3. The van der Waals surface area contributed by atoms with Crippen molar-refractivity contribution >= 4 is 11.9 Å². The minimum atomic E-state index is -1.22. The van der Waals surface area contributed by atoms with Gasteiger partial charge in [0.1, 0.15) is 6.10 Å². The van der Waals surface area contributed by atoms with E-state index in [9.17, 15) is 9.59 Å². The molecule has 1 saturated carbocycles. The summed E-state index contributed by atoms with van der Waals surface area (Å²) in [4.78, 5) is 24.6. The first-order valence-electron chi connectivity index (χ1n) is 9.76. The van der Waals surface area contributed by atoms with E-state index in [1.807, 2.05) is 0 Å². The summed E-state index contributed by atoms with van der Waals surface area (Å²) in [7, 11) is 0. The van der Waals surface area contributed by atoms with E-state index in [0.717, 1.165) is 38.5 Å². The lowest BCUT2D eigenvalue weighted by Crippen LogP contribution is -2.39.